The van der Waals surface area contributed by atoms with Crippen LogP contribution in [0.2, 0.25) is 0 Å². The predicted octanol–water partition coefficient (Wildman–Crippen LogP) is 1.77. The third kappa shape index (κ3) is 5.68. The minimum absolute atomic E-state index is 0.0178. The van der Waals surface area contributed by atoms with E-state index < -0.39 is 12.0 Å². The van der Waals surface area contributed by atoms with Gasteiger partial charge < -0.3 is 11.1 Å². The van der Waals surface area contributed by atoms with E-state index in [2.05, 4.69) is 26.8 Å². The largest absolute Gasteiger partial charge is 0.394 e. The smallest absolute Gasteiger partial charge is 0.161 e. The SMILES string of the molecule is C#CC/C(F)=C\C(=C/NC)C(C)/C1=N/C=C\C(F)C(CN)=NN1. The summed E-state index contributed by atoms with van der Waals surface area (Å²) in [7, 11) is 1.70. The van der Waals surface area contributed by atoms with Gasteiger partial charge in [0, 0.05) is 31.9 Å². The first-order chi connectivity index (χ1) is 11.0. The molecular weight excluding hydrogens is 300 g/mol. The van der Waals surface area contributed by atoms with Crippen LogP contribution < -0.4 is 16.5 Å². The van der Waals surface area contributed by atoms with E-state index in [0.29, 0.717) is 11.4 Å². The molecule has 1 rings (SSSR count). The third-order valence-electron chi connectivity index (χ3n) is 3.13. The Morgan fingerprint density at radius 3 is 3.00 bits per heavy atom. The molecular formula is C16H21F2N5. The van der Waals surface area contributed by atoms with E-state index in [1.165, 1.54) is 18.4 Å². The van der Waals surface area contributed by atoms with Gasteiger partial charge in [0.25, 0.3) is 0 Å². The van der Waals surface area contributed by atoms with Crippen LogP contribution in [-0.2, 0) is 0 Å². The molecule has 0 aromatic rings. The number of halogens is 2. The van der Waals surface area contributed by atoms with E-state index in [9.17, 15) is 8.78 Å². The Morgan fingerprint density at radius 1 is 1.65 bits per heavy atom. The van der Waals surface area contributed by atoms with Crippen molar-refractivity contribution in [3.63, 3.8) is 0 Å². The number of allylic oxidation sites excluding steroid dienone is 3. The van der Waals surface area contributed by atoms with Crippen molar-refractivity contribution in [3.8, 4) is 12.3 Å². The number of amidine groups is 1. The molecule has 0 amide bonds. The van der Waals surface area contributed by atoms with Crippen LogP contribution in [0.25, 0.3) is 0 Å². The minimum atomic E-state index is -1.38. The van der Waals surface area contributed by atoms with Crippen LogP contribution in [0.5, 0.6) is 0 Å². The lowest BCUT2D eigenvalue weighted by molar-refractivity contribution is 0.486. The number of alkyl halides is 1. The lowest BCUT2D eigenvalue weighted by Gasteiger charge is -2.18. The van der Waals surface area contributed by atoms with Gasteiger partial charge in [-0.15, -0.1) is 6.42 Å². The summed E-state index contributed by atoms with van der Waals surface area (Å²) in [6.07, 6.45) is 9.21. The molecule has 2 atom stereocenters. The molecule has 0 bridgehead atoms. The van der Waals surface area contributed by atoms with Gasteiger partial charge in [-0.1, -0.05) is 12.8 Å². The fraction of sp³-hybridized carbons (Fsp3) is 0.375. The molecule has 124 valence electrons. The number of hydrogen-bond donors (Lipinski definition) is 3. The van der Waals surface area contributed by atoms with Gasteiger partial charge >= 0.3 is 0 Å². The van der Waals surface area contributed by atoms with Crippen LogP contribution in [0.4, 0.5) is 8.78 Å². The summed E-state index contributed by atoms with van der Waals surface area (Å²) in [5.74, 6) is 1.92. The summed E-state index contributed by atoms with van der Waals surface area (Å²) in [6, 6.07) is 0. The summed E-state index contributed by atoms with van der Waals surface area (Å²) in [4.78, 5) is 4.14. The summed E-state index contributed by atoms with van der Waals surface area (Å²) >= 11 is 0. The Balaban J connectivity index is 3.07. The quantitative estimate of drug-likeness (QED) is 0.515. The summed E-state index contributed by atoms with van der Waals surface area (Å²) in [6.45, 7) is 1.80. The van der Waals surface area contributed by atoms with Gasteiger partial charge in [-0.25, -0.2) is 13.8 Å². The molecule has 1 aliphatic heterocycles. The molecule has 2 unspecified atom stereocenters. The molecule has 0 aliphatic carbocycles. The minimum Gasteiger partial charge on any atom is -0.394 e. The Hall–Kier alpha value is -2.46. The normalized spacial score (nSPS) is 24.1. The molecule has 0 saturated carbocycles. The summed E-state index contributed by atoms with van der Waals surface area (Å²) in [5, 5.41) is 6.78. The van der Waals surface area contributed by atoms with Crippen LogP contribution in [0.15, 0.2) is 46.0 Å². The zero-order chi connectivity index (χ0) is 17.2. The standard InChI is InChI=1S/C16H21F2N5/c1-4-5-13(17)8-12(10-20-3)11(2)16-21-7-6-14(18)15(9-19)22-23-16/h1,6-8,10-11,14,20H,5,9,19H2,2-3H3,(H,21,23)/b7-6-,12-10+,13-8+,22-15?. The fourth-order valence-corrected chi connectivity index (χ4v) is 1.84. The van der Waals surface area contributed by atoms with E-state index >= 15 is 0 Å². The fourth-order valence-electron chi connectivity index (χ4n) is 1.84. The first kappa shape index (κ1) is 18.6. The maximum atomic E-state index is 13.7. The topological polar surface area (TPSA) is 74.8 Å². The van der Waals surface area contributed by atoms with E-state index in [1.54, 1.807) is 13.2 Å². The van der Waals surface area contributed by atoms with Gasteiger partial charge in [0.15, 0.2) is 6.17 Å². The van der Waals surface area contributed by atoms with Crippen LogP contribution in [-0.4, -0.2) is 31.3 Å². The second kappa shape index (κ2) is 9.54. The highest BCUT2D eigenvalue weighted by Crippen LogP contribution is 2.17. The average Bonchev–Trinajstić information content (AvgIpc) is 2.50. The number of terminal acetylenes is 1. The monoisotopic (exact) mass is 321 g/mol. The first-order valence-corrected chi connectivity index (χ1v) is 7.11. The van der Waals surface area contributed by atoms with Crippen molar-refractivity contribution in [1.29, 1.82) is 0 Å². The van der Waals surface area contributed by atoms with Crippen molar-refractivity contribution in [1.82, 2.24) is 10.7 Å². The van der Waals surface area contributed by atoms with Gasteiger partial charge in [-0.3, -0.25) is 5.43 Å². The number of aliphatic imine (C=N–C) groups is 1. The Morgan fingerprint density at radius 2 is 2.39 bits per heavy atom. The van der Waals surface area contributed by atoms with Crippen LogP contribution in [0.3, 0.4) is 0 Å². The molecule has 0 spiro atoms. The average molecular weight is 321 g/mol. The molecule has 0 saturated heterocycles. The highest BCUT2D eigenvalue weighted by molar-refractivity contribution is 5.95. The summed E-state index contributed by atoms with van der Waals surface area (Å²) in [5.41, 5.74) is 8.94. The molecule has 0 fully saturated rings. The lowest BCUT2D eigenvalue weighted by atomic mass is 9.99. The number of nitrogens with one attached hydrogen (secondary N) is 2. The Kier molecular flexibility index (Phi) is 7.71. The summed E-state index contributed by atoms with van der Waals surface area (Å²) < 4.78 is 27.3. The van der Waals surface area contributed by atoms with Gasteiger partial charge in [0.05, 0.1) is 12.1 Å². The molecule has 1 aliphatic rings. The van der Waals surface area contributed by atoms with E-state index in [4.69, 9.17) is 12.2 Å². The molecule has 23 heavy (non-hydrogen) atoms. The second-order valence-electron chi connectivity index (χ2n) is 4.80. The number of rotatable bonds is 6. The second-order valence-corrected chi connectivity index (χ2v) is 4.80. The highest BCUT2D eigenvalue weighted by atomic mass is 19.1. The van der Waals surface area contributed by atoms with Gasteiger partial charge in [-0.2, -0.15) is 5.10 Å². The molecule has 5 nitrogen and oxygen atoms in total. The molecule has 0 aromatic carbocycles. The highest BCUT2D eigenvalue weighted by Gasteiger charge is 2.18. The van der Waals surface area contributed by atoms with Crippen molar-refractivity contribution in [2.24, 2.45) is 21.7 Å². The van der Waals surface area contributed by atoms with Crippen LogP contribution in [0, 0.1) is 18.3 Å². The van der Waals surface area contributed by atoms with E-state index in [0.717, 1.165) is 0 Å². The number of hydrazone groups is 1. The van der Waals surface area contributed by atoms with Gasteiger partial charge in [0.2, 0.25) is 0 Å². The maximum Gasteiger partial charge on any atom is 0.161 e. The first-order valence-electron chi connectivity index (χ1n) is 7.11. The van der Waals surface area contributed by atoms with Crippen molar-refractivity contribution in [2.45, 2.75) is 19.5 Å². The van der Waals surface area contributed by atoms with Crippen molar-refractivity contribution >= 4 is 11.5 Å². The van der Waals surface area contributed by atoms with Crippen LogP contribution >= 0.6 is 0 Å². The number of nitrogens with two attached hydrogens (primary N) is 1. The van der Waals surface area contributed by atoms with Crippen molar-refractivity contribution in [3.05, 3.63) is 36.0 Å². The molecule has 7 heteroatoms. The molecule has 0 aromatic heterocycles. The maximum absolute atomic E-state index is 13.7. The molecule has 0 radical (unpaired) electrons. The van der Waals surface area contributed by atoms with E-state index in [1.807, 2.05) is 6.92 Å². The Bertz CT molecular complexity index is 596. The number of hydrogen-bond acceptors (Lipinski definition) is 5. The zero-order valence-electron chi connectivity index (χ0n) is 13.2. The third-order valence-corrected chi connectivity index (χ3v) is 3.13. The molecule has 4 N–H and O–H groups in total. The lowest BCUT2D eigenvalue weighted by Crippen LogP contribution is -2.33. The van der Waals surface area contributed by atoms with Gasteiger partial charge in [-0.05, 0) is 17.7 Å². The zero-order valence-corrected chi connectivity index (χ0v) is 13.2. The molecule has 1 heterocycles. The number of nitrogens with zero attached hydrogens (tertiary/aromatic N) is 2. The Labute approximate surface area is 135 Å². The van der Waals surface area contributed by atoms with Crippen molar-refractivity contribution < 1.29 is 8.78 Å². The van der Waals surface area contributed by atoms with Crippen LogP contribution in [0.1, 0.15) is 13.3 Å². The van der Waals surface area contributed by atoms with E-state index in [-0.39, 0.29) is 24.6 Å². The van der Waals surface area contributed by atoms with Crippen molar-refractivity contribution in [2.75, 3.05) is 13.6 Å². The predicted molar refractivity (Wildman–Crippen MR) is 90.0 cm³/mol. The van der Waals surface area contributed by atoms with Gasteiger partial charge in [0.1, 0.15) is 11.7 Å².